The van der Waals surface area contributed by atoms with E-state index >= 15 is 0 Å². The maximum atomic E-state index is 12.2. The van der Waals surface area contributed by atoms with Crippen molar-refractivity contribution in [2.24, 2.45) is 4.99 Å². The Balaban J connectivity index is 0.00000265. The second kappa shape index (κ2) is 13.4. The Morgan fingerprint density at radius 3 is 2.42 bits per heavy atom. The van der Waals surface area contributed by atoms with Crippen molar-refractivity contribution in [2.45, 2.75) is 59.5 Å². The first kappa shape index (κ1) is 27.8. The van der Waals surface area contributed by atoms with Gasteiger partial charge in [-0.05, 0) is 51.8 Å². The molecule has 0 fully saturated rings. The average molecular weight is 450 g/mol. The Kier molecular flexibility index (Phi) is 11.3. The maximum absolute atomic E-state index is 12.2. The third kappa shape index (κ3) is 7.41. The Morgan fingerprint density at radius 2 is 1.97 bits per heavy atom. The molecule has 2 rings (SSSR count). The lowest BCUT2D eigenvalue weighted by Gasteiger charge is -2.28. The fourth-order valence-corrected chi connectivity index (χ4v) is 3.28. The first-order valence-corrected chi connectivity index (χ1v) is 11.5. The molecule has 1 aliphatic rings. The fraction of sp³-hybridized carbons (Fsp3) is 0.393. The van der Waals surface area contributed by atoms with Crippen molar-refractivity contribution in [1.29, 1.82) is 0 Å². The molecule has 1 atom stereocenters. The molecule has 33 heavy (non-hydrogen) atoms. The highest BCUT2D eigenvalue weighted by Gasteiger charge is 2.24. The molecule has 1 aromatic rings. The van der Waals surface area contributed by atoms with Gasteiger partial charge in [0, 0.05) is 30.3 Å². The van der Waals surface area contributed by atoms with E-state index in [0.717, 1.165) is 23.4 Å². The molecule has 2 heterocycles. The normalized spacial score (nSPS) is 15.2. The molecular formula is C28H39N3O2. The van der Waals surface area contributed by atoms with Crippen molar-refractivity contribution in [3.8, 4) is 5.75 Å². The van der Waals surface area contributed by atoms with E-state index in [-0.39, 0.29) is 17.4 Å². The number of aliphatic imine (C=N–C) groups is 1. The second-order valence-electron chi connectivity index (χ2n) is 7.84. The first-order valence-electron chi connectivity index (χ1n) is 11.5. The highest BCUT2D eigenvalue weighted by atomic mass is 16.5. The third-order valence-corrected chi connectivity index (χ3v) is 5.39. The molecule has 178 valence electrons. The van der Waals surface area contributed by atoms with Gasteiger partial charge in [0.2, 0.25) is 5.91 Å². The van der Waals surface area contributed by atoms with Crippen LogP contribution in [0.25, 0.3) is 0 Å². The van der Waals surface area contributed by atoms with E-state index in [2.05, 4.69) is 29.7 Å². The van der Waals surface area contributed by atoms with Gasteiger partial charge in [-0.25, -0.2) is 0 Å². The van der Waals surface area contributed by atoms with E-state index in [4.69, 9.17) is 4.74 Å². The van der Waals surface area contributed by atoms with Crippen molar-refractivity contribution < 1.29 is 9.53 Å². The number of allylic oxidation sites excluding steroid dienone is 3. The number of aromatic nitrogens is 1. The Bertz CT molecular complexity index is 915. The molecule has 1 aromatic heterocycles. The molecular weight excluding hydrogens is 410 g/mol. The molecule has 1 aliphatic heterocycles. The molecule has 0 aromatic carbocycles. The molecule has 0 spiro atoms. The van der Waals surface area contributed by atoms with Gasteiger partial charge in [0.1, 0.15) is 11.9 Å². The van der Waals surface area contributed by atoms with Gasteiger partial charge in [0.05, 0.1) is 17.6 Å². The summed E-state index contributed by atoms with van der Waals surface area (Å²) in [5.74, 6) is 0.652. The monoisotopic (exact) mass is 449 g/mol. The van der Waals surface area contributed by atoms with Crippen LogP contribution in [0.15, 0.2) is 84.7 Å². The van der Waals surface area contributed by atoms with Crippen LogP contribution in [0.1, 0.15) is 53.7 Å². The largest absolute Gasteiger partial charge is 0.483 e. The minimum Gasteiger partial charge on any atom is -0.483 e. The zero-order chi connectivity index (χ0) is 25.0. The molecule has 0 radical (unpaired) electrons. The molecule has 5 nitrogen and oxygen atoms in total. The molecule has 5 heteroatoms. The van der Waals surface area contributed by atoms with Gasteiger partial charge in [0.15, 0.2) is 0 Å². The second-order valence-corrected chi connectivity index (χ2v) is 7.84. The van der Waals surface area contributed by atoms with Crippen LogP contribution in [-0.4, -0.2) is 40.7 Å². The minimum atomic E-state index is -0.386. The number of hydrogen-bond acceptors (Lipinski definition) is 4. The molecule has 0 bridgehead atoms. The summed E-state index contributed by atoms with van der Waals surface area (Å²) in [7, 11) is 0. The first-order chi connectivity index (χ1) is 15.8. The van der Waals surface area contributed by atoms with E-state index < -0.39 is 0 Å². The number of ether oxygens (including phenoxy) is 1. The molecule has 0 N–H and O–H groups in total. The molecule has 0 saturated heterocycles. The van der Waals surface area contributed by atoms with E-state index in [9.17, 15) is 4.79 Å². The standard InChI is InChI=1S/C26H33N3O2.C2H6/c1-8-15-27-24(21-13-16-29(17-14-21)25(30)19(4)5)20(6)31-22-11-12-23(28-18-22)26(7,9-2)10-3;1-2/h8-13,15,18,20H,2-4,14,16-17H2,1,5-7H3;1-2H3/b15-8-,27-24?;. The third-order valence-electron chi connectivity index (χ3n) is 5.39. The number of rotatable bonds is 9. The van der Waals surface area contributed by atoms with Crippen LogP contribution < -0.4 is 4.74 Å². The van der Waals surface area contributed by atoms with Crippen molar-refractivity contribution >= 4 is 11.6 Å². The van der Waals surface area contributed by atoms with E-state index in [1.165, 1.54) is 0 Å². The Hall–Kier alpha value is -3.21. The summed E-state index contributed by atoms with van der Waals surface area (Å²) < 4.78 is 6.16. The maximum Gasteiger partial charge on any atom is 0.249 e. The van der Waals surface area contributed by atoms with Crippen molar-refractivity contribution in [3.63, 3.8) is 0 Å². The minimum absolute atomic E-state index is 0.0104. The quantitative estimate of drug-likeness (QED) is 0.256. The zero-order valence-corrected chi connectivity index (χ0v) is 21.1. The van der Waals surface area contributed by atoms with Crippen LogP contribution >= 0.6 is 0 Å². The predicted octanol–water partition coefficient (Wildman–Crippen LogP) is 6.21. The van der Waals surface area contributed by atoms with E-state index in [1.54, 1.807) is 24.2 Å². The molecule has 0 saturated carbocycles. The van der Waals surface area contributed by atoms with Crippen LogP contribution in [0.3, 0.4) is 0 Å². The molecule has 0 aliphatic carbocycles. The summed E-state index contributed by atoms with van der Waals surface area (Å²) in [4.78, 5) is 23.1. The van der Waals surface area contributed by atoms with Crippen LogP contribution in [0.2, 0.25) is 0 Å². The molecule has 1 amide bonds. The van der Waals surface area contributed by atoms with Gasteiger partial charge in [-0.3, -0.25) is 14.8 Å². The predicted molar refractivity (Wildman–Crippen MR) is 140 cm³/mol. The smallest absolute Gasteiger partial charge is 0.249 e. The van der Waals surface area contributed by atoms with Crippen LogP contribution in [0.4, 0.5) is 0 Å². The Morgan fingerprint density at radius 1 is 1.30 bits per heavy atom. The van der Waals surface area contributed by atoms with Crippen LogP contribution in [0, 0.1) is 0 Å². The Labute approximate surface area is 200 Å². The van der Waals surface area contributed by atoms with Gasteiger partial charge in [-0.1, -0.05) is 44.7 Å². The van der Waals surface area contributed by atoms with Crippen molar-refractivity contribution in [2.75, 3.05) is 13.1 Å². The van der Waals surface area contributed by atoms with Crippen LogP contribution in [0.5, 0.6) is 5.75 Å². The fourth-order valence-electron chi connectivity index (χ4n) is 3.28. The lowest BCUT2D eigenvalue weighted by Crippen LogP contribution is -2.37. The van der Waals surface area contributed by atoms with Crippen molar-refractivity contribution in [1.82, 2.24) is 9.88 Å². The zero-order valence-electron chi connectivity index (χ0n) is 21.1. The van der Waals surface area contributed by atoms with Gasteiger partial charge >= 0.3 is 0 Å². The number of carbonyl (C=O) groups excluding carboxylic acids is 1. The van der Waals surface area contributed by atoms with Gasteiger partial charge < -0.3 is 9.64 Å². The lowest BCUT2D eigenvalue weighted by molar-refractivity contribution is -0.126. The number of pyridine rings is 1. The average Bonchev–Trinajstić information content (AvgIpc) is 2.85. The topological polar surface area (TPSA) is 54.8 Å². The highest BCUT2D eigenvalue weighted by molar-refractivity contribution is 6.04. The summed E-state index contributed by atoms with van der Waals surface area (Å²) in [6, 6.07) is 3.83. The summed E-state index contributed by atoms with van der Waals surface area (Å²) in [5, 5.41) is 0. The lowest BCUT2D eigenvalue weighted by atomic mass is 9.87. The van der Waals surface area contributed by atoms with Crippen molar-refractivity contribution in [3.05, 3.63) is 85.4 Å². The van der Waals surface area contributed by atoms with E-state index in [1.807, 2.05) is 71.1 Å². The van der Waals surface area contributed by atoms with Crippen LogP contribution in [-0.2, 0) is 10.2 Å². The van der Waals surface area contributed by atoms with Gasteiger partial charge in [-0.15, -0.1) is 13.2 Å². The summed E-state index contributed by atoms with van der Waals surface area (Å²) in [6.07, 6.45) is 11.5. The summed E-state index contributed by atoms with van der Waals surface area (Å²) in [6.45, 7) is 24.3. The number of amides is 1. The highest BCUT2D eigenvalue weighted by Crippen LogP contribution is 2.26. The van der Waals surface area contributed by atoms with Gasteiger partial charge in [0.25, 0.3) is 0 Å². The number of carbonyl (C=O) groups is 1. The summed E-state index contributed by atoms with van der Waals surface area (Å²) >= 11 is 0. The number of hydrogen-bond donors (Lipinski definition) is 0. The number of nitrogens with zero attached hydrogens (tertiary/aromatic N) is 3. The van der Waals surface area contributed by atoms with Gasteiger partial charge in [-0.2, -0.15) is 0 Å². The SMILES string of the molecule is C=CC(C)(C=C)c1ccc(OC(C)C(=N/C=C\C)C2=CCN(C(=O)C(=C)C)CC2)cn1.CC. The summed E-state index contributed by atoms with van der Waals surface area (Å²) in [5.41, 5.74) is 2.97. The molecule has 1 unspecified atom stereocenters. The van der Waals surface area contributed by atoms with E-state index in [0.29, 0.717) is 24.4 Å².